The largest absolute Gasteiger partial charge is 0.326 e. The third kappa shape index (κ3) is 1.98. The molecule has 19 heavy (non-hydrogen) atoms. The van der Waals surface area contributed by atoms with Crippen LogP contribution in [0.1, 0.15) is 24.8 Å². The van der Waals surface area contributed by atoms with Crippen molar-refractivity contribution in [1.29, 1.82) is 0 Å². The maximum absolute atomic E-state index is 13.7. The molecule has 4 nitrogen and oxygen atoms in total. The predicted octanol–water partition coefficient (Wildman–Crippen LogP) is 1.46. The van der Waals surface area contributed by atoms with E-state index in [1.54, 1.807) is 0 Å². The van der Waals surface area contributed by atoms with Crippen LogP contribution < -0.4 is 5.73 Å². The fourth-order valence-corrected chi connectivity index (χ4v) is 5.27. The molecule has 104 valence electrons. The minimum Gasteiger partial charge on any atom is -0.326 e. The fraction of sp³-hybridized carbons (Fsp3) is 0.538. The first kappa shape index (κ1) is 13.0. The number of halogens is 1. The van der Waals surface area contributed by atoms with E-state index in [2.05, 4.69) is 0 Å². The molecule has 0 aromatic heterocycles. The van der Waals surface area contributed by atoms with Crippen LogP contribution >= 0.6 is 0 Å². The Morgan fingerprint density at radius 3 is 2.74 bits per heavy atom. The van der Waals surface area contributed by atoms with Crippen LogP contribution in [0.2, 0.25) is 0 Å². The lowest BCUT2D eigenvalue weighted by molar-refractivity contribution is 0.333. The summed E-state index contributed by atoms with van der Waals surface area (Å²) in [5, 5.41) is 0. The average molecular weight is 284 g/mol. The highest BCUT2D eigenvalue weighted by Crippen LogP contribution is 2.41. The van der Waals surface area contributed by atoms with E-state index in [0.717, 1.165) is 19.3 Å². The minimum absolute atomic E-state index is 0.0301. The van der Waals surface area contributed by atoms with Gasteiger partial charge < -0.3 is 5.73 Å². The van der Waals surface area contributed by atoms with Gasteiger partial charge in [0.15, 0.2) is 0 Å². The number of hydrogen-bond donors (Lipinski definition) is 1. The zero-order valence-corrected chi connectivity index (χ0v) is 11.4. The van der Waals surface area contributed by atoms with Crippen LogP contribution in [-0.2, 0) is 16.6 Å². The van der Waals surface area contributed by atoms with Gasteiger partial charge in [0.25, 0.3) is 0 Å². The Bertz CT molecular complexity index is 603. The molecule has 1 saturated heterocycles. The van der Waals surface area contributed by atoms with Crippen LogP contribution in [-0.4, -0.2) is 25.3 Å². The first-order chi connectivity index (χ1) is 9.04. The fourth-order valence-electron chi connectivity index (χ4n) is 3.28. The first-order valence-electron chi connectivity index (χ1n) is 6.53. The van der Waals surface area contributed by atoms with E-state index in [1.165, 1.54) is 22.5 Å². The number of nitrogens with two attached hydrogens (primary N) is 1. The smallest absolute Gasteiger partial charge is 0.243 e. The molecule has 2 unspecified atom stereocenters. The van der Waals surface area contributed by atoms with Gasteiger partial charge in [-0.15, -0.1) is 0 Å². The first-order valence-corrected chi connectivity index (χ1v) is 7.97. The van der Waals surface area contributed by atoms with Gasteiger partial charge >= 0.3 is 0 Å². The van der Waals surface area contributed by atoms with E-state index in [-0.39, 0.29) is 23.0 Å². The Hall–Kier alpha value is -0.980. The van der Waals surface area contributed by atoms with Gasteiger partial charge in [0.2, 0.25) is 10.0 Å². The summed E-state index contributed by atoms with van der Waals surface area (Å²) in [4.78, 5) is 0.0301. The number of fused-ring (bicyclic) bond motifs is 2. The van der Waals surface area contributed by atoms with Gasteiger partial charge in [-0.25, -0.2) is 12.8 Å². The summed E-state index contributed by atoms with van der Waals surface area (Å²) in [7, 11) is -3.62. The third-order valence-corrected chi connectivity index (χ3v) is 6.23. The SMILES string of the molecule is NCc1c(F)cccc1S(=O)(=O)N1CC2CCC1C2. The molecule has 1 aromatic rings. The molecule has 6 heteroatoms. The summed E-state index contributed by atoms with van der Waals surface area (Å²) < 4.78 is 40.5. The highest BCUT2D eigenvalue weighted by Gasteiger charge is 2.44. The van der Waals surface area contributed by atoms with E-state index in [9.17, 15) is 12.8 Å². The van der Waals surface area contributed by atoms with E-state index < -0.39 is 15.8 Å². The third-order valence-electron chi connectivity index (χ3n) is 4.23. The summed E-state index contributed by atoms with van der Waals surface area (Å²) >= 11 is 0. The maximum Gasteiger partial charge on any atom is 0.243 e. The molecule has 1 aliphatic carbocycles. The van der Waals surface area contributed by atoms with Gasteiger partial charge in [0.1, 0.15) is 5.82 Å². The molecule has 1 saturated carbocycles. The Kier molecular flexibility index (Phi) is 3.11. The van der Waals surface area contributed by atoms with Crippen LogP contribution in [0.5, 0.6) is 0 Å². The molecule has 3 rings (SSSR count). The highest BCUT2D eigenvalue weighted by atomic mass is 32.2. The average Bonchev–Trinajstić information content (AvgIpc) is 3.00. The molecule has 2 N–H and O–H groups in total. The highest BCUT2D eigenvalue weighted by molar-refractivity contribution is 7.89. The van der Waals surface area contributed by atoms with E-state index >= 15 is 0 Å². The van der Waals surface area contributed by atoms with Crippen LogP contribution in [0.15, 0.2) is 23.1 Å². The number of piperidine rings is 1. The molecular weight excluding hydrogens is 267 g/mol. The van der Waals surface area contributed by atoms with Crippen molar-refractivity contribution < 1.29 is 12.8 Å². The molecule has 1 heterocycles. The van der Waals surface area contributed by atoms with E-state index in [1.807, 2.05) is 0 Å². The summed E-state index contributed by atoms with van der Waals surface area (Å²) in [5.74, 6) is -0.0809. The van der Waals surface area contributed by atoms with E-state index in [0.29, 0.717) is 12.5 Å². The Labute approximate surface area is 112 Å². The Morgan fingerprint density at radius 2 is 2.16 bits per heavy atom. The van der Waals surface area contributed by atoms with Crippen molar-refractivity contribution >= 4 is 10.0 Å². The molecule has 1 aliphatic heterocycles. The van der Waals surface area contributed by atoms with Gasteiger partial charge in [-0.05, 0) is 37.3 Å². The van der Waals surface area contributed by atoms with Gasteiger partial charge in [-0.3, -0.25) is 0 Å². The second-order valence-corrected chi connectivity index (χ2v) is 7.19. The molecule has 0 spiro atoms. The van der Waals surface area contributed by atoms with Gasteiger partial charge in [0.05, 0.1) is 4.90 Å². The molecule has 2 bridgehead atoms. The van der Waals surface area contributed by atoms with Crippen molar-refractivity contribution in [2.45, 2.75) is 36.7 Å². The molecular formula is C13H17FN2O2S. The lowest BCUT2D eigenvalue weighted by atomic mass is 10.1. The van der Waals surface area contributed by atoms with Crippen molar-refractivity contribution in [1.82, 2.24) is 4.31 Å². The summed E-state index contributed by atoms with van der Waals surface area (Å²) in [5.41, 5.74) is 5.59. The quantitative estimate of drug-likeness (QED) is 0.914. The van der Waals surface area contributed by atoms with Crippen molar-refractivity contribution in [2.24, 2.45) is 11.7 Å². The normalized spacial score (nSPS) is 27.1. The minimum atomic E-state index is -3.62. The van der Waals surface area contributed by atoms with Crippen molar-refractivity contribution in [3.05, 3.63) is 29.6 Å². The van der Waals surface area contributed by atoms with Crippen LogP contribution in [0.25, 0.3) is 0 Å². The van der Waals surface area contributed by atoms with Crippen LogP contribution in [0, 0.1) is 11.7 Å². The van der Waals surface area contributed by atoms with Gasteiger partial charge in [-0.1, -0.05) is 6.07 Å². The maximum atomic E-state index is 13.7. The monoisotopic (exact) mass is 284 g/mol. The van der Waals surface area contributed by atoms with E-state index in [4.69, 9.17) is 5.73 Å². The molecule has 0 radical (unpaired) electrons. The molecule has 2 fully saturated rings. The number of rotatable bonds is 3. The zero-order valence-electron chi connectivity index (χ0n) is 10.5. The topological polar surface area (TPSA) is 63.4 Å². The second kappa shape index (κ2) is 4.54. The summed E-state index contributed by atoms with van der Waals surface area (Å²) in [6, 6.07) is 4.21. The van der Waals surface area contributed by atoms with Crippen molar-refractivity contribution in [3.63, 3.8) is 0 Å². The van der Waals surface area contributed by atoms with Crippen molar-refractivity contribution in [2.75, 3.05) is 6.54 Å². The molecule has 0 amide bonds. The lowest BCUT2D eigenvalue weighted by Crippen LogP contribution is -2.38. The number of sulfonamides is 1. The molecule has 1 aromatic carbocycles. The van der Waals surface area contributed by atoms with Crippen LogP contribution in [0.3, 0.4) is 0 Å². The zero-order chi connectivity index (χ0) is 13.6. The van der Waals surface area contributed by atoms with Crippen LogP contribution in [0.4, 0.5) is 4.39 Å². The number of benzene rings is 1. The van der Waals surface area contributed by atoms with Gasteiger partial charge in [0, 0.05) is 24.7 Å². The molecule has 2 atom stereocenters. The number of nitrogens with zero attached hydrogens (tertiary/aromatic N) is 1. The summed E-state index contributed by atoms with van der Waals surface area (Å²) in [6.07, 6.45) is 2.95. The second-order valence-electron chi connectivity index (χ2n) is 5.33. The Morgan fingerprint density at radius 1 is 1.37 bits per heavy atom. The van der Waals surface area contributed by atoms with Crippen molar-refractivity contribution in [3.8, 4) is 0 Å². The predicted molar refractivity (Wildman–Crippen MR) is 69.3 cm³/mol. The lowest BCUT2D eigenvalue weighted by Gasteiger charge is -2.27. The number of hydrogen-bond acceptors (Lipinski definition) is 3. The summed E-state index contributed by atoms with van der Waals surface area (Å²) in [6.45, 7) is 0.455. The Balaban J connectivity index is 2.04. The van der Waals surface area contributed by atoms with Gasteiger partial charge in [-0.2, -0.15) is 4.31 Å². The molecule has 2 aliphatic rings. The standard InChI is InChI=1S/C13H17FN2O2S/c14-12-2-1-3-13(11(12)7-15)19(17,18)16-8-9-4-5-10(16)6-9/h1-3,9-10H,4-8,15H2.